The summed E-state index contributed by atoms with van der Waals surface area (Å²) in [6, 6.07) is 0. The van der Waals surface area contributed by atoms with Crippen LogP contribution in [0.2, 0.25) is 0 Å². The van der Waals surface area contributed by atoms with E-state index in [1.54, 1.807) is 0 Å². The molecular weight excluding hydrogens is 270 g/mol. The van der Waals surface area contributed by atoms with E-state index in [9.17, 15) is 0 Å². The average molecular weight is 316 g/mol. The van der Waals surface area contributed by atoms with Crippen LogP contribution in [-0.4, -0.2) is 18.3 Å². The zero-order chi connectivity index (χ0) is 16.7. The molecule has 0 atom stereocenters. The van der Waals surface area contributed by atoms with Gasteiger partial charge < -0.3 is 10.8 Å². The van der Waals surface area contributed by atoms with Crippen LogP contribution in [0.4, 0.5) is 0 Å². The van der Waals surface area contributed by atoms with Crippen molar-refractivity contribution in [2.45, 2.75) is 117 Å². The van der Waals surface area contributed by atoms with Crippen LogP contribution in [-0.2, 0) is 0 Å². The fraction of sp³-hybridized carbons (Fsp3) is 1.00. The Bertz CT molecular complexity index is 144. The third-order valence-corrected chi connectivity index (χ3v) is 4.09. The lowest BCUT2D eigenvalue weighted by atomic mass is 10.0. The van der Waals surface area contributed by atoms with Gasteiger partial charge in [0.25, 0.3) is 0 Å². The van der Waals surface area contributed by atoms with Gasteiger partial charge in [-0.15, -0.1) is 0 Å². The van der Waals surface area contributed by atoms with Crippen molar-refractivity contribution in [3.05, 3.63) is 0 Å². The van der Waals surface area contributed by atoms with Gasteiger partial charge >= 0.3 is 0 Å². The summed E-state index contributed by atoms with van der Waals surface area (Å²) in [5.41, 5.74) is 4.78. The Morgan fingerprint density at radius 3 is 0.818 bits per heavy atom. The minimum Gasteiger partial charge on any atom is -0.395 e. The van der Waals surface area contributed by atoms with Gasteiger partial charge in [-0.1, -0.05) is 117 Å². The van der Waals surface area contributed by atoms with Gasteiger partial charge in [-0.2, -0.15) is 0 Å². The van der Waals surface area contributed by atoms with E-state index in [4.69, 9.17) is 10.8 Å². The lowest BCUT2D eigenvalue weighted by Crippen LogP contribution is -2.02. The van der Waals surface area contributed by atoms with E-state index in [0.29, 0.717) is 6.54 Å². The number of aliphatic hydroxyl groups is 1. The zero-order valence-corrected chi connectivity index (χ0v) is 15.8. The van der Waals surface area contributed by atoms with E-state index in [1.807, 2.05) is 0 Å². The highest BCUT2D eigenvalue weighted by Crippen LogP contribution is 2.13. The second kappa shape index (κ2) is 25.9. The minimum atomic E-state index is 0.0972. The maximum Gasteiger partial charge on any atom is 0.0553 e. The number of unbranched alkanes of at least 4 members (excludes halogenated alkanes) is 15. The molecule has 0 aromatic carbocycles. The Hall–Kier alpha value is -0.0800. The summed E-state index contributed by atoms with van der Waals surface area (Å²) in [7, 11) is 0. The van der Waals surface area contributed by atoms with Gasteiger partial charge in [0.2, 0.25) is 0 Å². The topological polar surface area (TPSA) is 46.2 Å². The Balaban J connectivity index is 0. The molecule has 0 aliphatic rings. The zero-order valence-electron chi connectivity index (χ0n) is 15.8. The summed E-state index contributed by atoms with van der Waals surface area (Å²) in [4.78, 5) is 0. The Morgan fingerprint density at radius 2 is 0.682 bits per heavy atom. The first-order valence-electron chi connectivity index (χ1n) is 10.1. The maximum atomic E-state index is 7.75. The first-order chi connectivity index (χ1) is 10.8. The highest BCUT2D eigenvalue weighted by atomic mass is 16.3. The van der Waals surface area contributed by atoms with Gasteiger partial charge in [-0.3, -0.25) is 0 Å². The van der Waals surface area contributed by atoms with E-state index < -0.39 is 0 Å². The predicted octanol–water partition coefficient (Wildman–Crippen LogP) is 6.21. The van der Waals surface area contributed by atoms with Gasteiger partial charge in [0.15, 0.2) is 0 Å². The van der Waals surface area contributed by atoms with Crippen molar-refractivity contribution in [3.63, 3.8) is 0 Å². The third kappa shape index (κ3) is 28.1. The monoisotopic (exact) mass is 315 g/mol. The molecule has 0 amide bonds. The Kier molecular flexibility index (Phi) is 28.4. The highest BCUT2D eigenvalue weighted by molar-refractivity contribution is 4.49. The molecule has 0 bridgehead atoms. The van der Waals surface area contributed by atoms with Crippen molar-refractivity contribution < 1.29 is 5.11 Å². The molecule has 0 aliphatic carbocycles. The molecule has 0 saturated heterocycles. The summed E-state index contributed by atoms with van der Waals surface area (Å²) >= 11 is 0. The number of nitrogens with two attached hydrogens (primary N) is 1. The van der Waals surface area contributed by atoms with Crippen LogP contribution >= 0.6 is 0 Å². The van der Waals surface area contributed by atoms with Crippen LogP contribution in [0.25, 0.3) is 0 Å². The molecule has 0 unspecified atom stereocenters. The molecule has 2 nitrogen and oxygen atoms in total. The quantitative estimate of drug-likeness (QED) is 0.333. The van der Waals surface area contributed by atoms with Crippen LogP contribution < -0.4 is 5.73 Å². The van der Waals surface area contributed by atoms with Crippen molar-refractivity contribution in [3.8, 4) is 0 Å². The van der Waals surface area contributed by atoms with E-state index >= 15 is 0 Å². The van der Waals surface area contributed by atoms with Crippen molar-refractivity contribution in [1.82, 2.24) is 0 Å². The average Bonchev–Trinajstić information content (AvgIpc) is 2.55. The van der Waals surface area contributed by atoms with Gasteiger partial charge in [0, 0.05) is 6.54 Å². The van der Waals surface area contributed by atoms with Crippen LogP contribution in [0.15, 0.2) is 0 Å². The van der Waals surface area contributed by atoms with Crippen molar-refractivity contribution in [2.75, 3.05) is 13.2 Å². The van der Waals surface area contributed by atoms with E-state index in [0.717, 1.165) is 0 Å². The van der Waals surface area contributed by atoms with E-state index in [1.165, 1.54) is 103 Å². The summed E-state index contributed by atoms with van der Waals surface area (Å²) in [6.07, 6.45) is 23.4. The molecule has 0 radical (unpaired) electrons. The molecule has 3 N–H and O–H groups in total. The molecule has 0 rings (SSSR count). The predicted molar refractivity (Wildman–Crippen MR) is 101 cm³/mol. The van der Waals surface area contributed by atoms with E-state index in [2.05, 4.69) is 13.8 Å². The van der Waals surface area contributed by atoms with E-state index in [-0.39, 0.29) is 6.61 Å². The smallest absolute Gasteiger partial charge is 0.0553 e. The molecule has 0 saturated carbocycles. The molecule has 136 valence electrons. The normalized spacial score (nSPS) is 10.4. The lowest BCUT2D eigenvalue weighted by Gasteiger charge is -2.03. The molecule has 0 aliphatic heterocycles. The summed E-state index contributed by atoms with van der Waals surface area (Å²) in [6.45, 7) is 5.06. The first kappa shape index (κ1) is 24.2. The summed E-state index contributed by atoms with van der Waals surface area (Å²) in [5.74, 6) is 0. The number of hydrogen-bond donors (Lipinski definition) is 2. The van der Waals surface area contributed by atoms with Crippen LogP contribution in [0.3, 0.4) is 0 Å². The van der Waals surface area contributed by atoms with Crippen LogP contribution in [0.1, 0.15) is 117 Å². The molecular formula is C20H45NO. The molecule has 0 heterocycles. The fourth-order valence-corrected chi connectivity index (χ4v) is 2.62. The Labute approximate surface area is 141 Å². The Morgan fingerprint density at radius 1 is 0.500 bits per heavy atom. The molecule has 2 heteroatoms. The second-order valence-corrected chi connectivity index (χ2v) is 6.46. The standard InChI is InChI=1S/C18H38.C2H7NO/c1-3-5-7-9-11-13-15-17-18-16-14-12-10-8-6-4-2;3-1-2-4/h3-18H2,1-2H3;4H,1-3H2. The van der Waals surface area contributed by atoms with Gasteiger partial charge in [0.1, 0.15) is 0 Å². The highest BCUT2D eigenvalue weighted by Gasteiger charge is 1.93. The second-order valence-electron chi connectivity index (χ2n) is 6.46. The lowest BCUT2D eigenvalue weighted by molar-refractivity contribution is 0.306. The molecule has 0 fully saturated rings. The number of rotatable bonds is 16. The SMILES string of the molecule is CCCCCCCCCCCCCCCCCC.NCCO. The third-order valence-electron chi connectivity index (χ3n) is 4.09. The van der Waals surface area contributed by atoms with Crippen molar-refractivity contribution in [2.24, 2.45) is 5.73 Å². The summed E-state index contributed by atoms with van der Waals surface area (Å²) < 4.78 is 0. The largest absolute Gasteiger partial charge is 0.395 e. The fourth-order valence-electron chi connectivity index (χ4n) is 2.62. The maximum absolute atomic E-state index is 7.75. The van der Waals surface area contributed by atoms with Gasteiger partial charge in [-0.05, 0) is 0 Å². The molecule has 0 spiro atoms. The minimum absolute atomic E-state index is 0.0972. The summed E-state index contributed by atoms with van der Waals surface area (Å²) in [5, 5.41) is 7.75. The van der Waals surface area contributed by atoms with Crippen molar-refractivity contribution in [1.29, 1.82) is 0 Å². The number of aliphatic hydroxyl groups excluding tert-OH is 1. The molecule has 0 aromatic rings. The first-order valence-corrected chi connectivity index (χ1v) is 10.1. The van der Waals surface area contributed by atoms with Gasteiger partial charge in [0.05, 0.1) is 6.61 Å². The molecule has 0 aromatic heterocycles. The number of hydrogen-bond acceptors (Lipinski definition) is 2. The van der Waals surface area contributed by atoms with Crippen LogP contribution in [0.5, 0.6) is 0 Å². The van der Waals surface area contributed by atoms with Crippen molar-refractivity contribution >= 4 is 0 Å². The molecule has 22 heavy (non-hydrogen) atoms. The van der Waals surface area contributed by atoms with Gasteiger partial charge in [-0.25, -0.2) is 0 Å². The van der Waals surface area contributed by atoms with Crippen LogP contribution in [0, 0.1) is 0 Å².